The average molecular weight is 387 g/mol. The van der Waals surface area contributed by atoms with Gasteiger partial charge in [-0.15, -0.1) is 0 Å². The fraction of sp³-hybridized carbons (Fsp3) is 0.227. The van der Waals surface area contributed by atoms with Crippen molar-refractivity contribution in [1.29, 1.82) is 0 Å². The van der Waals surface area contributed by atoms with Crippen LogP contribution in [0.1, 0.15) is 30.0 Å². The molecule has 0 aliphatic rings. The molecule has 2 atom stereocenters. The van der Waals surface area contributed by atoms with Gasteiger partial charge in [0.1, 0.15) is 5.75 Å². The molecule has 28 heavy (non-hydrogen) atoms. The molecule has 3 nitrogen and oxygen atoms in total. The topological polar surface area (TPSA) is 38.3 Å². The van der Waals surface area contributed by atoms with Gasteiger partial charge in [-0.2, -0.15) is 13.2 Å². The monoisotopic (exact) mass is 387 g/mol. The van der Waals surface area contributed by atoms with Crippen LogP contribution in [0.25, 0.3) is 10.8 Å². The number of ether oxygens (including phenoxy) is 1. The van der Waals surface area contributed by atoms with Gasteiger partial charge in [-0.05, 0) is 41.0 Å². The molecule has 1 N–H and O–H groups in total. The minimum atomic E-state index is -4.59. The fourth-order valence-corrected chi connectivity index (χ4v) is 3.06. The lowest BCUT2D eigenvalue weighted by Gasteiger charge is -2.24. The molecule has 0 aliphatic carbocycles. The molecule has 146 valence electrons. The molecule has 0 saturated heterocycles. The summed E-state index contributed by atoms with van der Waals surface area (Å²) in [5, 5.41) is 3.96. The predicted octanol–water partition coefficient (Wildman–Crippen LogP) is 5.37. The van der Waals surface area contributed by atoms with E-state index >= 15 is 0 Å². The molecule has 0 heterocycles. The molecular formula is C22H20F3NO2. The lowest BCUT2D eigenvalue weighted by Crippen LogP contribution is -2.40. The van der Waals surface area contributed by atoms with E-state index in [1.165, 1.54) is 24.3 Å². The van der Waals surface area contributed by atoms with Crippen LogP contribution in [-0.4, -0.2) is 19.2 Å². The van der Waals surface area contributed by atoms with Crippen LogP contribution in [0.3, 0.4) is 0 Å². The highest BCUT2D eigenvalue weighted by molar-refractivity contribution is 5.88. The van der Waals surface area contributed by atoms with Crippen molar-refractivity contribution in [1.82, 2.24) is 5.32 Å². The zero-order valence-electron chi connectivity index (χ0n) is 15.5. The Kier molecular flexibility index (Phi) is 5.58. The van der Waals surface area contributed by atoms with E-state index in [1.807, 2.05) is 24.3 Å². The quantitative estimate of drug-likeness (QED) is 0.639. The minimum absolute atomic E-state index is 0.00107. The Morgan fingerprint density at radius 1 is 0.929 bits per heavy atom. The van der Waals surface area contributed by atoms with Gasteiger partial charge in [-0.25, -0.2) is 0 Å². The van der Waals surface area contributed by atoms with E-state index in [4.69, 9.17) is 4.74 Å². The van der Waals surface area contributed by atoms with Gasteiger partial charge in [0.2, 0.25) is 5.91 Å². The first-order chi connectivity index (χ1) is 13.3. The first kappa shape index (κ1) is 19.7. The third-order valence-electron chi connectivity index (χ3n) is 4.71. The number of benzene rings is 3. The van der Waals surface area contributed by atoms with Crippen molar-refractivity contribution in [3.8, 4) is 5.75 Å². The number of halogens is 3. The van der Waals surface area contributed by atoms with Crippen LogP contribution in [0.4, 0.5) is 13.2 Å². The first-order valence-electron chi connectivity index (χ1n) is 8.79. The number of fused-ring (bicyclic) bond motifs is 1. The summed E-state index contributed by atoms with van der Waals surface area (Å²) in [6.07, 6.45) is -4.59. The molecule has 0 fully saturated rings. The number of carbonyl (C=O) groups excluding carboxylic acids is 1. The Morgan fingerprint density at radius 3 is 2.21 bits per heavy atom. The number of amides is 1. The summed E-state index contributed by atoms with van der Waals surface area (Å²) in [6, 6.07) is 16.2. The van der Waals surface area contributed by atoms with E-state index < -0.39 is 24.0 Å². The Bertz CT molecular complexity index is 970. The molecule has 0 aliphatic heterocycles. The van der Waals surface area contributed by atoms with E-state index in [1.54, 1.807) is 32.2 Å². The van der Waals surface area contributed by atoms with Crippen molar-refractivity contribution in [2.75, 3.05) is 7.11 Å². The number of hydrogen-bond donors (Lipinski definition) is 1. The molecular weight excluding hydrogens is 367 g/mol. The SMILES string of the molecule is COc1ccc2cc([C@H](C)C(=O)N[C@@H](c3ccccc3)C(F)(F)F)ccc2c1. The molecule has 0 spiro atoms. The van der Waals surface area contributed by atoms with Crippen LogP contribution in [-0.2, 0) is 4.79 Å². The fourth-order valence-electron chi connectivity index (χ4n) is 3.06. The van der Waals surface area contributed by atoms with E-state index in [0.29, 0.717) is 11.3 Å². The number of methoxy groups -OCH3 is 1. The number of rotatable bonds is 5. The summed E-state index contributed by atoms with van der Waals surface area (Å²) >= 11 is 0. The molecule has 6 heteroatoms. The lowest BCUT2D eigenvalue weighted by atomic mass is 9.96. The minimum Gasteiger partial charge on any atom is -0.497 e. The van der Waals surface area contributed by atoms with Crippen molar-refractivity contribution in [2.24, 2.45) is 0 Å². The average Bonchev–Trinajstić information content (AvgIpc) is 2.70. The number of alkyl halides is 3. The van der Waals surface area contributed by atoms with Crippen molar-refractivity contribution < 1.29 is 22.7 Å². The molecule has 3 aromatic rings. The molecule has 3 aromatic carbocycles. The van der Waals surface area contributed by atoms with Crippen LogP contribution in [0.15, 0.2) is 66.7 Å². The second-order valence-electron chi connectivity index (χ2n) is 6.59. The molecule has 0 unspecified atom stereocenters. The van der Waals surface area contributed by atoms with E-state index in [-0.39, 0.29) is 5.56 Å². The largest absolute Gasteiger partial charge is 0.497 e. The maximum absolute atomic E-state index is 13.5. The van der Waals surface area contributed by atoms with E-state index in [9.17, 15) is 18.0 Å². The molecule has 3 rings (SSSR count). The second-order valence-corrected chi connectivity index (χ2v) is 6.59. The van der Waals surface area contributed by atoms with Crippen LogP contribution in [0.5, 0.6) is 5.75 Å². The lowest BCUT2D eigenvalue weighted by molar-refractivity contribution is -0.163. The van der Waals surface area contributed by atoms with Crippen molar-refractivity contribution in [3.63, 3.8) is 0 Å². The highest BCUT2D eigenvalue weighted by Gasteiger charge is 2.42. The van der Waals surface area contributed by atoms with Crippen LogP contribution < -0.4 is 10.1 Å². The van der Waals surface area contributed by atoms with Crippen molar-refractivity contribution in [3.05, 3.63) is 77.9 Å². The maximum Gasteiger partial charge on any atom is 0.412 e. The number of carbonyl (C=O) groups is 1. The highest BCUT2D eigenvalue weighted by Crippen LogP contribution is 2.33. The standard InChI is InChI=1S/C22H20F3NO2/c1-14(16-8-9-18-13-19(28-2)11-10-17(18)12-16)21(27)26-20(22(23,24)25)15-6-4-3-5-7-15/h3-14,20H,1-2H3,(H,26,27)/t14-,20-/m0/s1. The van der Waals surface area contributed by atoms with Gasteiger partial charge in [0.05, 0.1) is 13.0 Å². The molecule has 0 bridgehead atoms. The predicted molar refractivity (Wildman–Crippen MR) is 102 cm³/mol. The van der Waals surface area contributed by atoms with Gasteiger partial charge in [0.15, 0.2) is 6.04 Å². The Labute approximate surface area is 161 Å². The van der Waals surface area contributed by atoms with Crippen molar-refractivity contribution in [2.45, 2.75) is 25.1 Å². The molecule has 0 aromatic heterocycles. The highest BCUT2D eigenvalue weighted by atomic mass is 19.4. The zero-order valence-corrected chi connectivity index (χ0v) is 15.5. The van der Waals surface area contributed by atoms with Crippen LogP contribution in [0, 0.1) is 0 Å². The number of hydrogen-bond acceptors (Lipinski definition) is 2. The van der Waals surface area contributed by atoms with Gasteiger partial charge >= 0.3 is 6.18 Å². The van der Waals surface area contributed by atoms with Gasteiger partial charge < -0.3 is 10.1 Å². The zero-order chi connectivity index (χ0) is 20.3. The van der Waals surface area contributed by atoms with Gasteiger partial charge in [0, 0.05) is 0 Å². The Morgan fingerprint density at radius 2 is 1.57 bits per heavy atom. The third-order valence-corrected chi connectivity index (χ3v) is 4.71. The Hall–Kier alpha value is -3.02. The summed E-state index contributed by atoms with van der Waals surface area (Å²) in [5.41, 5.74) is 0.644. The second kappa shape index (κ2) is 7.92. The van der Waals surface area contributed by atoms with Crippen LogP contribution >= 0.6 is 0 Å². The Balaban J connectivity index is 1.84. The maximum atomic E-state index is 13.5. The summed E-state index contributed by atoms with van der Waals surface area (Å²) in [7, 11) is 1.58. The van der Waals surface area contributed by atoms with Crippen molar-refractivity contribution >= 4 is 16.7 Å². The first-order valence-corrected chi connectivity index (χ1v) is 8.79. The third kappa shape index (κ3) is 4.27. The normalized spacial score (nSPS) is 13.8. The van der Waals surface area contributed by atoms with E-state index in [0.717, 1.165) is 10.8 Å². The molecule has 0 saturated carbocycles. The smallest absolute Gasteiger partial charge is 0.412 e. The van der Waals surface area contributed by atoms with E-state index in [2.05, 4.69) is 5.32 Å². The summed E-state index contributed by atoms with van der Waals surface area (Å²) in [6.45, 7) is 1.60. The molecule has 1 amide bonds. The summed E-state index contributed by atoms with van der Waals surface area (Å²) in [4.78, 5) is 12.6. The van der Waals surface area contributed by atoms with Gasteiger partial charge in [0.25, 0.3) is 0 Å². The van der Waals surface area contributed by atoms with Gasteiger partial charge in [-0.3, -0.25) is 4.79 Å². The van der Waals surface area contributed by atoms with Gasteiger partial charge in [-0.1, -0.05) is 54.6 Å². The summed E-state index contributed by atoms with van der Waals surface area (Å²) in [5.74, 6) is -0.707. The number of nitrogens with one attached hydrogen (secondary N) is 1. The van der Waals surface area contributed by atoms with Crippen LogP contribution in [0.2, 0.25) is 0 Å². The summed E-state index contributed by atoms with van der Waals surface area (Å²) < 4.78 is 45.6. The molecule has 0 radical (unpaired) electrons.